The lowest BCUT2D eigenvalue weighted by atomic mass is 10.2. The Balaban J connectivity index is 1.16. The normalized spacial score (nSPS) is 15.3. The molecule has 0 fully saturated rings. The molecule has 4 aromatic heterocycles. The van der Waals surface area contributed by atoms with Gasteiger partial charge in [-0.2, -0.15) is 4.98 Å². The number of aryl methyl sites for hydroxylation is 1. The number of pyridine rings is 1. The van der Waals surface area contributed by atoms with Crippen LogP contribution in [0.1, 0.15) is 42.0 Å². The Morgan fingerprint density at radius 2 is 2.08 bits per heavy atom. The molecule has 1 amide bonds. The van der Waals surface area contributed by atoms with Gasteiger partial charge in [-0.05, 0) is 25.5 Å². The van der Waals surface area contributed by atoms with Crippen LogP contribution in [0.15, 0.2) is 64.2 Å². The van der Waals surface area contributed by atoms with Gasteiger partial charge in [0.05, 0.1) is 12.7 Å². The molecule has 0 spiro atoms. The van der Waals surface area contributed by atoms with Crippen molar-refractivity contribution in [2.24, 2.45) is 0 Å². The van der Waals surface area contributed by atoms with Crippen LogP contribution < -0.4 is 21.9 Å². The number of amides is 1. The Morgan fingerprint density at radius 1 is 1.24 bits per heavy atom. The van der Waals surface area contributed by atoms with E-state index in [1.54, 1.807) is 17.5 Å². The largest absolute Gasteiger partial charge is 0.384 e. The Kier molecular flexibility index (Phi) is 6.08. The second-order valence-electron chi connectivity index (χ2n) is 9.08. The lowest BCUT2D eigenvalue weighted by Gasteiger charge is -2.16. The van der Waals surface area contributed by atoms with E-state index in [-0.39, 0.29) is 17.2 Å². The fraction of sp³-hybridized carbons (Fsp3) is 0.231. The highest BCUT2D eigenvalue weighted by Crippen LogP contribution is 2.28. The van der Waals surface area contributed by atoms with Crippen molar-refractivity contribution in [2.75, 3.05) is 11.1 Å². The third-order valence-corrected chi connectivity index (χ3v) is 7.55. The van der Waals surface area contributed by atoms with E-state index in [4.69, 9.17) is 10.3 Å². The number of fused-ring (bicyclic) bond motifs is 2. The van der Waals surface area contributed by atoms with Gasteiger partial charge in [0.1, 0.15) is 29.4 Å². The summed E-state index contributed by atoms with van der Waals surface area (Å²) in [6.07, 6.45) is 4.26. The summed E-state index contributed by atoms with van der Waals surface area (Å²) >= 11 is 1.55. The van der Waals surface area contributed by atoms with Gasteiger partial charge < -0.3 is 20.9 Å². The van der Waals surface area contributed by atoms with E-state index in [2.05, 4.69) is 30.7 Å². The highest BCUT2D eigenvalue weighted by Gasteiger charge is 2.31. The molecule has 12 heteroatoms. The number of hydrogen-bond acceptors (Lipinski definition) is 10. The minimum absolute atomic E-state index is 0.225. The van der Waals surface area contributed by atoms with Crippen molar-refractivity contribution >= 4 is 38.8 Å². The van der Waals surface area contributed by atoms with E-state index in [0.717, 1.165) is 20.5 Å². The fourth-order valence-electron chi connectivity index (χ4n) is 4.55. The maximum Gasteiger partial charge on any atom is 0.277 e. The van der Waals surface area contributed by atoms with Crippen LogP contribution in [0, 0.1) is 0 Å². The van der Waals surface area contributed by atoms with E-state index >= 15 is 0 Å². The van der Waals surface area contributed by atoms with Gasteiger partial charge in [0, 0.05) is 33.1 Å². The number of nitrogen functional groups attached to an aromatic ring is 1. The highest BCUT2D eigenvalue weighted by atomic mass is 32.1. The molecule has 1 aliphatic heterocycles. The first-order valence-electron chi connectivity index (χ1n) is 12.1. The van der Waals surface area contributed by atoms with E-state index in [1.165, 1.54) is 10.8 Å². The summed E-state index contributed by atoms with van der Waals surface area (Å²) in [5.41, 5.74) is 6.55. The molecule has 1 aliphatic rings. The molecule has 11 nitrogen and oxygen atoms in total. The zero-order valence-electron chi connectivity index (χ0n) is 20.4. The zero-order chi connectivity index (χ0) is 26.2. The van der Waals surface area contributed by atoms with Crippen LogP contribution >= 0.6 is 11.3 Å². The predicted molar refractivity (Wildman–Crippen MR) is 144 cm³/mol. The second-order valence-corrected chi connectivity index (χ2v) is 10.3. The van der Waals surface area contributed by atoms with Gasteiger partial charge in [0.25, 0.3) is 5.56 Å². The first kappa shape index (κ1) is 23.8. The Bertz CT molecular complexity index is 1690. The molecule has 5 heterocycles. The maximum absolute atomic E-state index is 13.4. The van der Waals surface area contributed by atoms with E-state index < -0.39 is 12.1 Å². The maximum atomic E-state index is 13.4. The van der Waals surface area contributed by atoms with Crippen LogP contribution in [0.25, 0.3) is 21.5 Å². The first-order valence-corrected chi connectivity index (χ1v) is 13.0. The summed E-state index contributed by atoms with van der Waals surface area (Å²) in [7, 11) is 0. The van der Waals surface area contributed by atoms with Gasteiger partial charge in [-0.3, -0.25) is 14.2 Å². The summed E-state index contributed by atoms with van der Waals surface area (Å²) < 4.78 is 7.91. The smallest absolute Gasteiger partial charge is 0.277 e. The minimum atomic E-state index is -0.637. The summed E-state index contributed by atoms with van der Waals surface area (Å²) in [4.78, 5) is 40.5. The predicted octanol–water partition coefficient (Wildman–Crippen LogP) is 3.46. The Labute approximate surface area is 220 Å². The molecule has 192 valence electrons. The average Bonchev–Trinajstić information content (AvgIpc) is 3.67. The first-order chi connectivity index (χ1) is 18.5. The fourth-order valence-corrected chi connectivity index (χ4v) is 5.57. The van der Waals surface area contributed by atoms with Gasteiger partial charge in [0.2, 0.25) is 17.6 Å². The third kappa shape index (κ3) is 4.50. The van der Waals surface area contributed by atoms with Crippen molar-refractivity contribution in [3.05, 3.63) is 81.8 Å². The van der Waals surface area contributed by atoms with Crippen molar-refractivity contribution in [1.29, 1.82) is 0 Å². The molecule has 0 radical (unpaired) electrons. The summed E-state index contributed by atoms with van der Waals surface area (Å²) in [6, 6.07) is 12.2. The SMILES string of the molecule is C[C@@H](Nc1cnc2n(c1=O)[C@H](C(=O)NCc1cc3cnc(N)cc3s1)CC2)c1nc(-c2ccccc2)no1. The molecule has 6 rings (SSSR count). The molecule has 38 heavy (non-hydrogen) atoms. The molecule has 0 aliphatic carbocycles. The van der Waals surface area contributed by atoms with Gasteiger partial charge in [0.15, 0.2) is 0 Å². The lowest BCUT2D eigenvalue weighted by molar-refractivity contribution is -0.124. The molecule has 0 bridgehead atoms. The topological polar surface area (TPSA) is 154 Å². The van der Waals surface area contributed by atoms with Crippen molar-refractivity contribution < 1.29 is 9.32 Å². The monoisotopic (exact) mass is 528 g/mol. The quantitative estimate of drug-likeness (QED) is 0.288. The van der Waals surface area contributed by atoms with Gasteiger partial charge in [-0.25, -0.2) is 9.97 Å². The van der Waals surface area contributed by atoms with Gasteiger partial charge in [-0.15, -0.1) is 11.3 Å². The minimum Gasteiger partial charge on any atom is -0.384 e. The van der Waals surface area contributed by atoms with Crippen LogP contribution in [0.5, 0.6) is 0 Å². The van der Waals surface area contributed by atoms with E-state index in [9.17, 15) is 9.59 Å². The van der Waals surface area contributed by atoms with E-state index in [0.29, 0.717) is 42.7 Å². The number of rotatable bonds is 7. The van der Waals surface area contributed by atoms with Crippen LogP contribution in [-0.2, 0) is 17.8 Å². The lowest BCUT2D eigenvalue weighted by Crippen LogP contribution is -2.36. The zero-order valence-corrected chi connectivity index (χ0v) is 21.2. The van der Waals surface area contributed by atoms with Crippen molar-refractivity contribution in [3.63, 3.8) is 0 Å². The number of aromatic nitrogens is 5. The molecule has 0 saturated carbocycles. The summed E-state index contributed by atoms with van der Waals surface area (Å²) in [5.74, 6) is 1.62. The molecule has 5 aromatic rings. The number of nitrogens with two attached hydrogens (primary N) is 1. The molecule has 2 atom stereocenters. The van der Waals surface area contributed by atoms with Crippen molar-refractivity contribution in [3.8, 4) is 11.4 Å². The summed E-state index contributed by atoms with van der Waals surface area (Å²) in [6.45, 7) is 2.17. The second kappa shape index (κ2) is 9.71. The standard InChI is InChI=1S/C26H24N8O3S/c1-14(25-32-23(33-37-25)15-5-3-2-4-6-15)31-18-13-29-22-8-7-19(34(22)26(18)36)24(35)30-12-17-9-16-11-28-21(27)10-20(16)38-17/h2-6,9-11,13-14,19,31H,7-8,12H2,1H3,(H2,27,28)(H,30,35)/t14-,19+/m1/s1. The van der Waals surface area contributed by atoms with Gasteiger partial charge >= 0.3 is 0 Å². The Morgan fingerprint density at radius 3 is 2.92 bits per heavy atom. The van der Waals surface area contributed by atoms with E-state index in [1.807, 2.05) is 49.4 Å². The molecular weight excluding hydrogens is 504 g/mol. The molecule has 1 aromatic carbocycles. The molecule has 0 saturated heterocycles. The number of hydrogen-bond donors (Lipinski definition) is 3. The number of nitrogens with one attached hydrogen (secondary N) is 2. The molecule has 0 unspecified atom stereocenters. The molecular formula is C26H24N8O3S. The Hall–Kier alpha value is -4.58. The van der Waals surface area contributed by atoms with Crippen LogP contribution in [-0.4, -0.2) is 30.6 Å². The number of benzene rings is 1. The number of carbonyl (C=O) groups is 1. The third-order valence-electron chi connectivity index (χ3n) is 6.45. The van der Waals surface area contributed by atoms with Crippen molar-refractivity contribution in [2.45, 2.75) is 38.4 Å². The average molecular weight is 529 g/mol. The number of carbonyl (C=O) groups excluding carboxylic acids is 1. The van der Waals surface area contributed by atoms with Crippen LogP contribution in [0.2, 0.25) is 0 Å². The number of anilines is 2. The number of thiophene rings is 1. The van der Waals surface area contributed by atoms with Gasteiger partial charge in [-0.1, -0.05) is 35.5 Å². The summed E-state index contributed by atoms with van der Waals surface area (Å²) in [5, 5.41) is 11.1. The molecule has 4 N–H and O–H groups in total. The van der Waals surface area contributed by atoms with Crippen LogP contribution in [0.4, 0.5) is 11.5 Å². The van der Waals surface area contributed by atoms with Crippen LogP contribution in [0.3, 0.4) is 0 Å². The van der Waals surface area contributed by atoms with Crippen molar-refractivity contribution in [1.82, 2.24) is 30.0 Å². The number of nitrogens with zero attached hydrogens (tertiary/aromatic N) is 5. The highest BCUT2D eigenvalue weighted by molar-refractivity contribution is 7.19.